The van der Waals surface area contributed by atoms with Crippen molar-refractivity contribution in [2.24, 2.45) is 0 Å². The second-order valence-corrected chi connectivity index (χ2v) is 3.33. The number of rotatable bonds is 2. The van der Waals surface area contributed by atoms with Gasteiger partial charge in [-0.25, -0.2) is 4.98 Å². The summed E-state index contributed by atoms with van der Waals surface area (Å²) in [5.41, 5.74) is 4.29. The minimum atomic E-state index is 0.818. The van der Waals surface area contributed by atoms with E-state index in [1.54, 1.807) is 6.20 Å². The molecule has 4 nitrogen and oxygen atoms in total. The first-order valence-corrected chi connectivity index (χ1v) is 5.70. The fourth-order valence-electron chi connectivity index (χ4n) is 1.50. The number of anilines is 1. The maximum atomic E-state index is 7.29. The van der Waals surface area contributed by atoms with Gasteiger partial charge in [0, 0.05) is 30.7 Å². The summed E-state index contributed by atoms with van der Waals surface area (Å²) in [5, 5.41) is 10.3. The lowest BCUT2D eigenvalue weighted by atomic mass is 10.1. The number of aromatic nitrogens is 2. The number of aryl methyl sites for hydroxylation is 1. The maximum Gasteiger partial charge on any atom is 0.0911 e. The third-order valence-corrected chi connectivity index (χ3v) is 2.26. The molecule has 0 saturated carbocycles. The molecule has 0 atom stereocenters. The van der Waals surface area contributed by atoms with Crippen molar-refractivity contribution in [1.82, 2.24) is 9.97 Å². The highest BCUT2D eigenvalue weighted by molar-refractivity contribution is 5.93. The van der Waals surface area contributed by atoms with Gasteiger partial charge in [0.05, 0.1) is 16.7 Å². The lowest BCUT2D eigenvalue weighted by molar-refractivity contribution is 1.18. The van der Waals surface area contributed by atoms with Gasteiger partial charge >= 0.3 is 0 Å². The predicted octanol–water partition coefficient (Wildman–Crippen LogP) is 3.00. The Morgan fingerprint density at radius 3 is 2.53 bits per heavy atom. The largest absolute Gasteiger partial charge is 0.388 e. The summed E-state index contributed by atoms with van der Waals surface area (Å²) in [7, 11) is 1.83. The number of hydrogen-bond acceptors (Lipinski definition) is 4. The smallest absolute Gasteiger partial charge is 0.0911 e. The van der Waals surface area contributed by atoms with E-state index < -0.39 is 0 Å². The molecule has 0 bridgehead atoms. The van der Waals surface area contributed by atoms with Gasteiger partial charge in [-0.3, -0.25) is 4.98 Å². The fraction of sp³-hybridized carbons (Fsp3) is 0.308. The average Bonchev–Trinajstić information content (AvgIpc) is 2.39. The first-order valence-electron chi connectivity index (χ1n) is 5.70. The molecule has 90 valence electrons. The van der Waals surface area contributed by atoms with Crippen LogP contribution in [0.25, 0.3) is 11.0 Å². The third kappa shape index (κ3) is 2.78. The molecule has 0 aliphatic carbocycles. The highest BCUT2D eigenvalue weighted by Crippen LogP contribution is 2.19. The van der Waals surface area contributed by atoms with Gasteiger partial charge in [0.1, 0.15) is 0 Å². The Hall–Kier alpha value is -1.97. The SMILES string of the molecule is CC.CNc1cc2nc(C)cnc2cc1C=N. The summed E-state index contributed by atoms with van der Waals surface area (Å²) < 4.78 is 0. The zero-order chi connectivity index (χ0) is 12.8. The number of nitrogens with one attached hydrogen (secondary N) is 2. The quantitative estimate of drug-likeness (QED) is 0.779. The Morgan fingerprint density at radius 1 is 1.24 bits per heavy atom. The second-order valence-electron chi connectivity index (χ2n) is 3.33. The summed E-state index contributed by atoms with van der Waals surface area (Å²) in [6.07, 6.45) is 3.04. The van der Waals surface area contributed by atoms with Gasteiger partial charge in [-0.1, -0.05) is 13.8 Å². The van der Waals surface area contributed by atoms with E-state index in [0.717, 1.165) is 28.0 Å². The third-order valence-electron chi connectivity index (χ3n) is 2.26. The molecule has 0 saturated heterocycles. The van der Waals surface area contributed by atoms with Crippen LogP contribution in [0.3, 0.4) is 0 Å². The van der Waals surface area contributed by atoms with Gasteiger partial charge in [-0.15, -0.1) is 0 Å². The van der Waals surface area contributed by atoms with Crippen molar-refractivity contribution >= 4 is 22.9 Å². The van der Waals surface area contributed by atoms with Crippen molar-refractivity contribution in [3.63, 3.8) is 0 Å². The first kappa shape index (κ1) is 13.1. The van der Waals surface area contributed by atoms with E-state index in [1.165, 1.54) is 6.21 Å². The summed E-state index contributed by atoms with van der Waals surface area (Å²) in [4.78, 5) is 8.65. The molecule has 2 rings (SSSR count). The Labute approximate surface area is 102 Å². The topological polar surface area (TPSA) is 61.7 Å². The zero-order valence-electron chi connectivity index (χ0n) is 10.7. The Morgan fingerprint density at radius 2 is 1.94 bits per heavy atom. The summed E-state index contributed by atoms with van der Waals surface area (Å²) in [6, 6.07) is 3.77. The molecule has 0 spiro atoms. The Bertz CT molecular complexity index is 520. The minimum Gasteiger partial charge on any atom is -0.388 e. The number of benzene rings is 1. The molecule has 4 heteroatoms. The van der Waals surface area contributed by atoms with E-state index in [1.807, 2.05) is 40.0 Å². The highest BCUT2D eigenvalue weighted by Gasteiger charge is 2.03. The lowest BCUT2D eigenvalue weighted by Gasteiger charge is -2.06. The average molecular weight is 230 g/mol. The van der Waals surface area contributed by atoms with Crippen LogP contribution in [0, 0.1) is 12.3 Å². The lowest BCUT2D eigenvalue weighted by Crippen LogP contribution is -1.96. The van der Waals surface area contributed by atoms with Gasteiger partial charge in [0.15, 0.2) is 0 Å². The van der Waals surface area contributed by atoms with E-state index >= 15 is 0 Å². The molecule has 0 radical (unpaired) electrons. The molecule has 0 unspecified atom stereocenters. The monoisotopic (exact) mass is 230 g/mol. The van der Waals surface area contributed by atoms with Crippen molar-refractivity contribution in [2.45, 2.75) is 20.8 Å². The van der Waals surface area contributed by atoms with Crippen LogP contribution >= 0.6 is 0 Å². The van der Waals surface area contributed by atoms with E-state index in [9.17, 15) is 0 Å². The summed E-state index contributed by atoms with van der Waals surface area (Å²) >= 11 is 0. The maximum absolute atomic E-state index is 7.29. The molecular formula is C13H18N4. The van der Waals surface area contributed by atoms with Crippen molar-refractivity contribution < 1.29 is 0 Å². The molecule has 0 aliphatic heterocycles. The highest BCUT2D eigenvalue weighted by atomic mass is 14.8. The van der Waals surface area contributed by atoms with Gasteiger partial charge in [0.25, 0.3) is 0 Å². The Kier molecular flexibility index (Phi) is 4.57. The van der Waals surface area contributed by atoms with Crippen LogP contribution in [-0.2, 0) is 0 Å². The fourth-order valence-corrected chi connectivity index (χ4v) is 1.50. The van der Waals surface area contributed by atoms with Crippen molar-refractivity contribution in [3.05, 3.63) is 29.6 Å². The molecule has 2 aromatic rings. The first-order chi connectivity index (χ1) is 8.24. The van der Waals surface area contributed by atoms with Gasteiger partial charge in [-0.05, 0) is 19.1 Å². The number of nitrogens with zero attached hydrogens (tertiary/aromatic N) is 2. The van der Waals surface area contributed by atoms with Crippen LogP contribution < -0.4 is 5.32 Å². The Balaban J connectivity index is 0.000000686. The molecule has 2 N–H and O–H groups in total. The molecule has 1 heterocycles. The van der Waals surface area contributed by atoms with E-state index in [0.29, 0.717) is 0 Å². The minimum absolute atomic E-state index is 0.818. The van der Waals surface area contributed by atoms with Crippen LogP contribution in [0.4, 0.5) is 5.69 Å². The molecule has 1 aromatic heterocycles. The van der Waals surface area contributed by atoms with E-state index in [-0.39, 0.29) is 0 Å². The zero-order valence-corrected chi connectivity index (χ0v) is 10.7. The predicted molar refractivity (Wildman–Crippen MR) is 73.1 cm³/mol. The van der Waals surface area contributed by atoms with Crippen LogP contribution in [-0.4, -0.2) is 23.2 Å². The van der Waals surface area contributed by atoms with Crippen molar-refractivity contribution in [3.8, 4) is 0 Å². The number of fused-ring (bicyclic) bond motifs is 1. The van der Waals surface area contributed by atoms with Gasteiger partial charge in [-0.2, -0.15) is 0 Å². The molecule has 0 amide bonds. The summed E-state index contributed by atoms with van der Waals surface area (Å²) in [6.45, 7) is 5.91. The van der Waals surface area contributed by atoms with Gasteiger partial charge < -0.3 is 10.7 Å². The number of hydrogen-bond donors (Lipinski definition) is 2. The van der Waals surface area contributed by atoms with E-state index in [2.05, 4.69) is 15.3 Å². The van der Waals surface area contributed by atoms with E-state index in [4.69, 9.17) is 5.41 Å². The molecule has 0 fully saturated rings. The van der Waals surface area contributed by atoms with Crippen LogP contribution in [0.15, 0.2) is 18.3 Å². The summed E-state index contributed by atoms with van der Waals surface area (Å²) in [5.74, 6) is 0. The standard InChI is InChI=1S/C11H12N4.C2H6/c1-7-6-14-10-3-8(5-12)9(13-2)4-11(10)15-7;1-2/h3-6,12-13H,1-2H3;1-2H3. The van der Waals surface area contributed by atoms with Crippen LogP contribution in [0.5, 0.6) is 0 Å². The van der Waals surface area contributed by atoms with Crippen LogP contribution in [0.2, 0.25) is 0 Å². The van der Waals surface area contributed by atoms with Crippen LogP contribution in [0.1, 0.15) is 25.1 Å². The normalized spacial score (nSPS) is 9.41. The molecule has 1 aromatic carbocycles. The second kappa shape index (κ2) is 5.94. The molecule has 0 aliphatic rings. The van der Waals surface area contributed by atoms with Crippen molar-refractivity contribution in [2.75, 3.05) is 12.4 Å². The molecular weight excluding hydrogens is 212 g/mol. The van der Waals surface area contributed by atoms with Gasteiger partial charge in [0.2, 0.25) is 0 Å². The van der Waals surface area contributed by atoms with Crippen molar-refractivity contribution in [1.29, 1.82) is 5.41 Å². The molecule has 17 heavy (non-hydrogen) atoms.